The predicted molar refractivity (Wildman–Crippen MR) is 80.8 cm³/mol. The molecule has 0 aliphatic heterocycles. The zero-order chi connectivity index (χ0) is 14.8. The zero-order valence-corrected chi connectivity index (χ0v) is 11.7. The van der Waals surface area contributed by atoms with Gasteiger partial charge in [0.15, 0.2) is 0 Å². The predicted octanol–water partition coefficient (Wildman–Crippen LogP) is 1.54. The molecule has 0 spiro atoms. The Labute approximate surface area is 119 Å². The van der Waals surface area contributed by atoms with Crippen molar-refractivity contribution in [3.8, 4) is 0 Å². The fraction of sp³-hybridized carbons (Fsp3) is 0.333. The molecule has 0 aliphatic rings. The number of anilines is 1. The third kappa shape index (κ3) is 5.67. The van der Waals surface area contributed by atoms with E-state index in [1.807, 2.05) is 6.92 Å². The number of carbonyl (C=O) groups excluding carboxylic acids is 2. The minimum Gasteiger partial charge on any atom is -0.352 e. The van der Waals surface area contributed by atoms with E-state index in [1.165, 1.54) is 0 Å². The van der Waals surface area contributed by atoms with Crippen molar-refractivity contribution in [3.05, 3.63) is 42.5 Å². The van der Waals surface area contributed by atoms with Crippen molar-refractivity contribution in [2.24, 2.45) is 0 Å². The van der Waals surface area contributed by atoms with Crippen molar-refractivity contribution in [2.75, 3.05) is 25.0 Å². The zero-order valence-electron chi connectivity index (χ0n) is 11.7. The molecule has 2 amide bonds. The van der Waals surface area contributed by atoms with Gasteiger partial charge in [-0.3, -0.25) is 9.59 Å². The number of benzene rings is 1. The van der Waals surface area contributed by atoms with Gasteiger partial charge in [0, 0.05) is 24.3 Å². The summed E-state index contributed by atoms with van der Waals surface area (Å²) < 4.78 is 0. The summed E-state index contributed by atoms with van der Waals surface area (Å²) in [5, 5.41) is 8.44. The summed E-state index contributed by atoms with van der Waals surface area (Å²) in [4.78, 5) is 23.4. The number of hydrogen-bond donors (Lipinski definition) is 3. The smallest absolute Gasteiger partial charge is 0.251 e. The summed E-state index contributed by atoms with van der Waals surface area (Å²) in [5.74, 6) is -0.286. The largest absolute Gasteiger partial charge is 0.352 e. The Balaban J connectivity index is 2.56. The van der Waals surface area contributed by atoms with E-state index >= 15 is 0 Å². The third-order valence-electron chi connectivity index (χ3n) is 2.52. The van der Waals surface area contributed by atoms with Gasteiger partial charge >= 0.3 is 0 Å². The molecule has 0 aromatic heterocycles. The first-order chi connectivity index (χ1) is 9.67. The molecule has 0 atom stereocenters. The molecule has 1 aromatic rings. The lowest BCUT2D eigenvalue weighted by atomic mass is 10.2. The van der Waals surface area contributed by atoms with Crippen LogP contribution in [-0.4, -0.2) is 31.4 Å². The van der Waals surface area contributed by atoms with Gasteiger partial charge < -0.3 is 16.0 Å². The Morgan fingerprint density at radius 1 is 1.35 bits per heavy atom. The molecule has 0 saturated heterocycles. The van der Waals surface area contributed by atoms with Gasteiger partial charge in [0.2, 0.25) is 5.91 Å². The second-order valence-electron chi connectivity index (χ2n) is 4.30. The van der Waals surface area contributed by atoms with E-state index in [0.29, 0.717) is 24.3 Å². The summed E-state index contributed by atoms with van der Waals surface area (Å²) in [6.45, 7) is 6.97. The highest BCUT2D eigenvalue weighted by atomic mass is 16.2. The van der Waals surface area contributed by atoms with E-state index in [1.54, 1.807) is 30.3 Å². The Morgan fingerprint density at radius 3 is 2.85 bits per heavy atom. The summed E-state index contributed by atoms with van der Waals surface area (Å²) in [6.07, 6.45) is 2.57. The van der Waals surface area contributed by atoms with Crippen LogP contribution in [0.4, 0.5) is 5.69 Å². The van der Waals surface area contributed by atoms with Crippen molar-refractivity contribution in [1.29, 1.82) is 0 Å². The molecule has 1 rings (SSSR count). The van der Waals surface area contributed by atoms with E-state index in [0.717, 1.165) is 6.42 Å². The first kappa shape index (κ1) is 15.9. The molecule has 0 saturated carbocycles. The summed E-state index contributed by atoms with van der Waals surface area (Å²) in [6, 6.07) is 6.88. The first-order valence-corrected chi connectivity index (χ1v) is 6.67. The maximum Gasteiger partial charge on any atom is 0.251 e. The van der Waals surface area contributed by atoms with Crippen molar-refractivity contribution in [2.45, 2.75) is 13.3 Å². The second-order valence-corrected chi connectivity index (χ2v) is 4.30. The lowest BCUT2D eigenvalue weighted by Crippen LogP contribution is -2.28. The molecule has 0 unspecified atom stereocenters. The van der Waals surface area contributed by atoms with Crippen LogP contribution in [0.5, 0.6) is 0 Å². The molecule has 1 aromatic carbocycles. The minimum absolute atomic E-state index is 0.132. The molecule has 108 valence electrons. The number of hydrogen-bond acceptors (Lipinski definition) is 3. The van der Waals surface area contributed by atoms with E-state index in [4.69, 9.17) is 0 Å². The van der Waals surface area contributed by atoms with E-state index in [9.17, 15) is 9.59 Å². The van der Waals surface area contributed by atoms with Crippen LogP contribution in [0.2, 0.25) is 0 Å². The summed E-state index contributed by atoms with van der Waals surface area (Å²) in [5.41, 5.74) is 1.15. The molecule has 0 fully saturated rings. The lowest BCUT2D eigenvalue weighted by molar-refractivity contribution is -0.115. The van der Waals surface area contributed by atoms with Gasteiger partial charge in [0.1, 0.15) is 0 Å². The number of nitrogens with one attached hydrogen (secondary N) is 3. The van der Waals surface area contributed by atoms with Crippen LogP contribution in [0, 0.1) is 0 Å². The highest BCUT2D eigenvalue weighted by molar-refractivity contribution is 5.97. The Hall–Kier alpha value is -2.14. The van der Waals surface area contributed by atoms with Crippen LogP contribution in [0.15, 0.2) is 36.9 Å². The number of rotatable bonds is 8. The van der Waals surface area contributed by atoms with Crippen LogP contribution < -0.4 is 16.0 Å². The van der Waals surface area contributed by atoms with Crippen molar-refractivity contribution in [3.63, 3.8) is 0 Å². The fourth-order valence-corrected chi connectivity index (χ4v) is 1.57. The first-order valence-electron chi connectivity index (χ1n) is 6.67. The normalized spacial score (nSPS) is 9.85. The topological polar surface area (TPSA) is 70.2 Å². The maximum absolute atomic E-state index is 11.8. The molecule has 5 heteroatoms. The Kier molecular flexibility index (Phi) is 7.06. The van der Waals surface area contributed by atoms with Gasteiger partial charge in [0.25, 0.3) is 5.91 Å². The van der Waals surface area contributed by atoms with Crippen molar-refractivity contribution < 1.29 is 9.59 Å². The van der Waals surface area contributed by atoms with Gasteiger partial charge in [-0.25, -0.2) is 0 Å². The number of carbonyl (C=O) groups is 2. The number of amides is 2. The van der Waals surface area contributed by atoms with Crippen molar-refractivity contribution >= 4 is 17.5 Å². The van der Waals surface area contributed by atoms with Gasteiger partial charge in [-0.2, -0.15) is 0 Å². The van der Waals surface area contributed by atoms with Gasteiger partial charge in [0.05, 0.1) is 6.54 Å². The average Bonchev–Trinajstić information content (AvgIpc) is 2.45. The third-order valence-corrected chi connectivity index (χ3v) is 2.52. The Morgan fingerprint density at radius 2 is 2.15 bits per heavy atom. The average molecular weight is 275 g/mol. The van der Waals surface area contributed by atoms with Crippen LogP contribution in [0.3, 0.4) is 0 Å². The van der Waals surface area contributed by atoms with E-state index in [-0.39, 0.29) is 18.4 Å². The van der Waals surface area contributed by atoms with E-state index in [2.05, 4.69) is 22.5 Å². The lowest BCUT2D eigenvalue weighted by Gasteiger charge is -2.08. The highest BCUT2D eigenvalue weighted by Crippen LogP contribution is 2.10. The van der Waals surface area contributed by atoms with Crippen LogP contribution in [0.25, 0.3) is 0 Å². The molecule has 5 nitrogen and oxygen atoms in total. The quantitative estimate of drug-likeness (QED) is 0.498. The maximum atomic E-state index is 11.8. The molecule has 20 heavy (non-hydrogen) atoms. The van der Waals surface area contributed by atoms with Crippen molar-refractivity contribution in [1.82, 2.24) is 10.6 Å². The molecule has 0 bridgehead atoms. The summed E-state index contributed by atoms with van der Waals surface area (Å²) in [7, 11) is 0. The monoisotopic (exact) mass is 275 g/mol. The molecule has 0 radical (unpaired) electrons. The molecular weight excluding hydrogens is 254 g/mol. The molecule has 0 heterocycles. The SMILES string of the molecule is C=CCNCC(=O)Nc1cccc(C(=O)NCCC)c1. The Bertz CT molecular complexity index is 472. The highest BCUT2D eigenvalue weighted by Gasteiger charge is 2.06. The molecule has 3 N–H and O–H groups in total. The van der Waals surface area contributed by atoms with Crippen LogP contribution in [0.1, 0.15) is 23.7 Å². The van der Waals surface area contributed by atoms with Crippen LogP contribution in [-0.2, 0) is 4.79 Å². The molecule has 0 aliphatic carbocycles. The fourth-order valence-electron chi connectivity index (χ4n) is 1.57. The second kappa shape index (κ2) is 8.87. The summed E-state index contributed by atoms with van der Waals surface area (Å²) >= 11 is 0. The van der Waals surface area contributed by atoms with Gasteiger partial charge in [-0.1, -0.05) is 19.1 Å². The van der Waals surface area contributed by atoms with Gasteiger partial charge in [-0.05, 0) is 24.6 Å². The van der Waals surface area contributed by atoms with Gasteiger partial charge in [-0.15, -0.1) is 6.58 Å². The standard InChI is InChI=1S/C15H21N3O2/c1-3-8-16-11-14(19)18-13-7-5-6-12(10-13)15(20)17-9-4-2/h3,5-7,10,16H,1,4,8-9,11H2,2H3,(H,17,20)(H,18,19). The minimum atomic E-state index is -0.155. The molecular formula is C15H21N3O2. The van der Waals surface area contributed by atoms with E-state index < -0.39 is 0 Å². The van der Waals surface area contributed by atoms with Crippen LogP contribution >= 0.6 is 0 Å².